The summed E-state index contributed by atoms with van der Waals surface area (Å²) in [5, 5.41) is 15.5. The Labute approximate surface area is 205 Å². The number of aromatic nitrogens is 1. The maximum absolute atomic E-state index is 12.3. The molecule has 0 saturated heterocycles. The van der Waals surface area contributed by atoms with Crippen molar-refractivity contribution in [3.8, 4) is 0 Å². The highest BCUT2D eigenvalue weighted by atomic mass is 16.5. The number of unbranched alkanes of at least 4 members (excludes halogenated alkanes) is 1. The summed E-state index contributed by atoms with van der Waals surface area (Å²) in [5.74, 6) is 0.0933. The maximum atomic E-state index is 12.3. The second-order valence-corrected chi connectivity index (χ2v) is 8.84. The number of aryl methyl sites for hydroxylation is 2. The third kappa shape index (κ3) is 11.3. The van der Waals surface area contributed by atoms with Gasteiger partial charge in [0.2, 0.25) is 5.91 Å². The van der Waals surface area contributed by atoms with Gasteiger partial charge in [-0.25, -0.2) is 9.78 Å². The summed E-state index contributed by atoms with van der Waals surface area (Å²) >= 11 is 0. The summed E-state index contributed by atoms with van der Waals surface area (Å²) in [6, 6.07) is 3.38. The maximum Gasteiger partial charge on any atom is 0.326 e. The number of hydrogen-bond acceptors (Lipinski definition) is 6. The van der Waals surface area contributed by atoms with Gasteiger partial charge in [-0.1, -0.05) is 39.7 Å². The number of pyridine rings is 1. The second kappa shape index (κ2) is 17.3. The lowest BCUT2D eigenvalue weighted by Crippen LogP contribution is -2.44. The molecule has 8 nitrogen and oxygen atoms in total. The fourth-order valence-corrected chi connectivity index (χ4v) is 4.03. The van der Waals surface area contributed by atoms with Crippen molar-refractivity contribution in [2.75, 3.05) is 45.7 Å². The molecule has 0 aromatic carbocycles. The molecule has 3 N–H and O–H groups in total. The molecule has 0 spiro atoms. The largest absolute Gasteiger partial charge is 0.480 e. The Hall–Kier alpha value is -2.19. The highest BCUT2D eigenvalue weighted by Gasteiger charge is 2.22. The summed E-state index contributed by atoms with van der Waals surface area (Å²) in [5.41, 5.74) is 2.30. The van der Waals surface area contributed by atoms with Crippen LogP contribution in [0.15, 0.2) is 12.1 Å². The quantitative estimate of drug-likeness (QED) is 0.260. The van der Waals surface area contributed by atoms with Gasteiger partial charge < -0.3 is 25.4 Å². The van der Waals surface area contributed by atoms with Crippen LogP contribution in [0.4, 0.5) is 5.82 Å². The molecule has 1 heterocycles. The molecule has 0 fully saturated rings. The summed E-state index contributed by atoms with van der Waals surface area (Å²) in [6.45, 7) is 9.00. The van der Waals surface area contributed by atoms with E-state index in [1.807, 2.05) is 7.05 Å². The fraction of sp³-hybridized carbons (Fsp3) is 0.731. The van der Waals surface area contributed by atoms with Gasteiger partial charge in [-0.05, 0) is 56.2 Å². The van der Waals surface area contributed by atoms with Gasteiger partial charge >= 0.3 is 5.97 Å². The minimum atomic E-state index is -0.980. The number of rotatable bonds is 19. The molecule has 1 unspecified atom stereocenters. The molecule has 0 aliphatic heterocycles. The lowest BCUT2D eigenvalue weighted by atomic mass is 9.99. The van der Waals surface area contributed by atoms with Crippen molar-refractivity contribution in [2.45, 2.75) is 78.2 Å². The van der Waals surface area contributed by atoms with Crippen molar-refractivity contribution in [3.63, 3.8) is 0 Å². The smallest absolute Gasteiger partial charge is 0.326 e. The van der Waals surface area contributed by atoms with E-state index in [2.05, 4.69) is 48.4 Å². The topological polar surface area (TPSA) is 104 Å². The molecule has 34 heavy (non-hydrogen) atoms. The normalized spacial score (nSPS) is 12.2. The van der Waals surface area contributed by atoms with E-state index in [1.165, 1.54) is 5.56 Å². The molecule has 1 aromatic heterocycles. The first-order valence-electron chi connectivity index (χ1n) is 12.8. The minimum absolute atomic E-state index is 0.174. The zero-order valence-electron chi connectivity index (χ0n) is 21.9. The van der Waals surface area contributed by atoms with E-state index in [4.69, 9.17) is 9.72 Å². The first-order valence-corrected chi connectivity index (χ1v) is 12.8. The Morgan fingerprint density at radius 1 is 1.12 bits per heavy atom. The van der Waals surface area contributed by atoms with Crippen LogP contribution in [0.1, 0.15) is 70.6 Å². The minimum Gasteiger partial charge on any atom is -0.480 e. The van der Waals surface area contributed by atoms with Crippen LogP contribution in [-0.4, -0.2) is 73.3 Å². The van der Waals surface area contributed by atoms with E-state index in [0.29, 0.717) is 31.9 Å². The van der Waals surface area contributed by atoms with Gasteiger partial charge in [-0.15, -0.1) is 0 Å². The summed E-state index contributed by atoms with van der Waals surface area (Å²) in [6.07, 6.45) is 6.43. The van der Waals surface area contributed by atoms with Crippen molar-refractivity contribution >= 4 is 17.7 Å². The molecule has 0 saturated carbocycles. The number of nitrogens with one attached hydrogen (secondary N) is 2. The predicted molar refractivity (Wildman–Crippen MR) is 137 cm³/mol. The molecule has 194 valence electrons. The Kier molecular flexibility index (Phi) is 15.2. The Morgan fingerprint density at radius 3 is 2.44 bits per heavy atom. The number of carbonyl (C=O) groups excluding carboxylic acids is 1. The average molecular weight is 479 g/mol. The molecule has 1 atom stereocenters. The monoisotopic (exact) mass is 478 g/mol. The standard InChI is InChI=1S/C26H46N4O4/c1-6-20(7-2)19-24(31)29-23(26(32)33)14-16-30(17-18-34-5)15-10-9-11-22-13-12-21(8-3)25(27-4)28-22/h12-13,20,23H,6-11,14-19H2,1-5H3,(H,27,28)(H,29,31)(H,32,33). The van der Waals surface area contributed by atoms with Gasteiger partial charge in [0.25, 0.3) is 0 Å². The van der Waals surface area contributed by atoms with Crippen molar-refractivity contribution in [2.24, 2.45) is 5.92 Å². The number of carboxylic acids is 1. The third-order valence-electron chi connectivity index (χ3n) is 6.42. The summed E-state index contributed by atoms with van der Waals surface area (Å²) in [7, 11) is 3.57. The number of aliphatic carboxylic acids is 1. The molecule has 0 aliphatic rings. The highest BCUT2D eigenvalue weighted by Crippen LogP contribution is 2.15. The van der Waals surface area contributed by atoms with Gasteiger partial charge in [-0.2, -0.15) is 0 Å². The lowest BCUT2D eigenvalue weighted by molar-refractivity contribution is -0.142. The van der Waals surface area contributed by atoms with Crippen LogP contribution >= 0.6 is 0 Å². The van der Waals surface area contributed by atoms with E-state index < -0.39 is 12.0 Å². The van der Waals surface area contributed by atoms with Crippen LogP contribution in [0.3, 0.4) is 0 Å². The van der Waals surface area contributed by atoms with E-state index in [-0.39, 0.29) is 5.91 Å². The Morgan fingerprint density at radius 2 is 1.85 bits per heavy atom. The van der Waals surface area contributed by atoms with Crippen LogP contribution in [0, 0.1) is 5.92 Å². The molecule has 0 bridgehead atoms. The Bertz CT molecular complexity index is 725. The number of hydrogen-bond donors (Lipinski definition) is 3. The van der Waals surface area contributed by atoms with Gasteiger partial charge in [0.05, 0.1) is 6.61 Å². The van der Waals surface area contributed by atoms with E-state index in [0.717, 1.165) is 63.1 Å². The van der Waals surface area contributed by atoms with E-state index >= 15 is 0 Å². The Balaban J connectivity index is 2.55. The lowest BCUT2D eigenvalue weighted by Gasteiger charge is -2.24. The highest BCUT2D eigenvalue weighted by molar-refractivity contribution is 5.83. The van der Waals surface area contributed by atoms with Crippen LogP contribution in [0.25, 0.3) is 0 Å². The van der Waals surface area contributed by atoms with Crippen molar-refractivity contribution in [1.29, 1.82) is 0 Å². The number of ether oxygens (including phenoxy) is 1. The molecule has 1 rings (SSSR count). The van der Waals surface area contributed by atoms with Crippen LogP contribution in [0.2, 0.25) is 0 Å². The van der Waals surface area contributed by atoms with Gasteiger partial charge in [0, 0.05) is 39.4 Å². The molecule has 1 amide bonds. The zero-order valence-corrected chi connectivity index (χ0v) is 21.9. The SMILES string of the molecule is CCc1ccc(CCCCN(CCOC)CCC(NC(=O)CC(CC)CC)C(=O)O)nc1NC. The van der Waals surface area contributed by atoms with Crippen molar-refractivity contribution < 1.29 is 19.4 Å². The van der Waals surface area contributed by atoms with Gasteiger partial charge in [0.15, 0.2) is 0 Å². The number of amides is 1. The molecular weight excluding hydrogens is 432 g/mol. The summed E-state index contributed by atoms with van der Waals surface area (Å²) < 4.78 is 5.24. The van der Waals surface area contributed by atoms with Gasteiger partial charge in [-0.3, -0.25) is 4.79 Å². The number of methoxy groups -OCH3 is 1. The molecule has 1 aromatic rings. The van der Waals surface area contributed by atoms with Crippen LogP contribution < -0.4 is 10.6 Å². The number of carbonyl (C=O) groups is 2. The number of carboxylic acid groups (broad SMARTS) is 1. The van der Waals surface area contributed by atoms with Gasteiger partial charge in [0.1, 0.15) is 11.9 Å². The van der Waals surface area contributed by atoms with E-state index in [9.17, 15) is 14.7 Å². The molecule has 8 heteroatoms. The van der Waals surface area contributed by atoms with Crippen molar-refractivity contribution in [3.05, 3.63) is 23.4 Å². The van der Waals surface area contributed by atoms with E-state index in [1.54, 1.807) is 7.11 Å². The second-order valence-electron chi connectivity index (χ2n) is 8.84. The third-order valence-corrected chi connectivity index (χ3v) is 6.42. The predicted octanol–water partition coefficient (Wildman–Crippen LogP) is 3.74. The first kappa shape index (κ1) is 29.8. The summed E-state index contributed by atoms with van der Waals surface area (Å²) in [4.78, 5) is 31.0. The molecule has 0 radical (unpaired) electrons. The molecule has 0 aliphatic carbocycles. The zero-order chi connectivity index (χ0) is 25.3. The van der Waals surface area contributed by atoms with Crippen molar-refractivity contribution in [1.82, 2.24) is 15.2 Å². The first-order chi connectivity index (χ1) is 16.4. The van der Waals surface area contributed by atoms with Crippen LogP contribution in [0.5, 0.6) is 0 Å². The molecular formula is C26H46N4O4. The number of nitrogens with zero attached hydrogens (tertiary/aromatic N) is 2. The number of anilines is 1. The van der Waals surface area contributed by atoms with Crippen LogP contribution in [-0.2, 0) is 27.2 Å². The average Bonchev–Trinajstić information content (AvgIpc) is 2.84. The fourth-order valence-electron chi connectivity index (χ4n) is 4.03.